The number of pyridine rings is 1. The number of nitriles is 1. The fraction of sp³-hybridized carbons (Fsp3) is 0.417. The lowest BCUT2D eigenvalue weighted by atomic mass is 9.80. The highest BCUT2D eigenvalue weighted by atomic mass is 16.5. The van der Waals surface area contributed by atoms with E-state index in [1.807, 2.05) is 17.8 Å². The molecule has 0 atom stereocenters. The number of hydrogen-bond donors (Lipinski definition) is 2. The highest BCUT2D eigenvalue weighted by molar-refractivity contribution is 6.04. The first-order chi connectivity index (χ1) is 15.8. The van der Waals surface area contributed by atoms with Crippen LogP contribution in [0, 0.1) is 23.5 Å². The van der Waals surface area contributed by atoms with Crippen molar-refractivity contribution in [3.05, 3.63) is 53.1 Å². The number of aliphatic hydroxyl groups is 1. The summed E-state index contributed by atoms with van der Waals surface area (Å²) in [6.45, 7) is 3.90. The summed E-state index contributed by atoms with van der Waals surface area (Å²) in [5, 5.41) is 40.0. The van der Waals surface area contributed by atoms with E-state index in [9.17, 15) is 15.1 Å². The number of fused-ring (bicyclic) bond motifs is 1. The van der Waals surface area contributed by atoms with Gasteiger partial charge in [-0.1, -0.05) is 0 Å². The molecule has 1 aliphatic carbocycles. The molecular formula is C24H27N5O4. The predicted octanol–water partition coefficient (Wildman–Crippen LogP) is 3.39. The average molecular weight is 450 g/mol. The van der Waals surface area contributed by atoms with Crippen LogP contribution >= 0.6 is 0 Å². The largest absolute Gasteiger partial charge is 0.618 e. The van der Waals surface area contributed by atoms with Crippen molar-refractivity contribution in [1.29, 1.82) is 5.26 Å². The fourth-order valence-corrected chi connectivity index (χ4v) is 4.32. The minimum atomic E-state index is -0.911. The standard InChI is InChI=1S/C24H27N5O4/c1-3-33-22-14-19-17(13-20(22)26-23(30)21-6-4-5-16(2)29(21)32)15-28(27-19)18-7-9-24(31,10-8-18)11-12-25/h4-6,13-15,18,31H,3,7-11H2,1-2H3,(H,26,30). The summed E-state index contributed by atoms with van der Waals surface area (Å²) in [6, 6.07) is 10.5. The number of carbonyl (C=O) groups excluding carboxylic acids is 1. The van der Waals surface area contributed by atoms with E-state index >= 15 is 0 Å². The highest BCUT2D eigenvalue weighted by Crippen LogP contribution is 2.38. The SMILES string of the molecule is CCOc1cc2nn(C3CCC(O)(CC#N)CC3)cc2cc1NC(=O)c1cccc(C)[n+]1[O-]. The van der Waals surface area contributed by atoms with Gasteiger partial charge >= 0.3 is 5.91 Å². The Hall–Kier alpha value is -3.64. The molecule has 33 heavy (non-hydrogen) atoms. The molecule has 0 bridgehead atoms. The Balaban J connectivity index is 1.60. The van der Waals surface area contributed by atoms with Crippen LogP contribution in [0.2, 0.25) is 0 Å². The number of aromatic nitrogens is 3. The summed E-state index contributed by atoms with van der Waals surface area (Å²) in [4.78, 5) is 12.8. The third-order valence-electron chi connectivity index (χ3n) is 6.20. The monoisotopic (exact) mass is 449 g/mol. The summed E-state index contributed by atoms with van der Waals surface area (Å²) in [6.07, 6.45) is 4.62. The molecule has 2 heterocycles. The van der Waals surface area contributed by atoms with Crippen molar-refractivity contribution in [3.63, 3.8) is 0 Å². The van der Waals surface area contributed by atoms with Gasteiger partial charge < -0.3 is 20.4 Å². The van der Waals surface area contributed by atoms with Crippen LogP contribution < -0.4 is 14.8 Å². The molecule has 1 fully saturated rings. The lowest BCUT2D eigenvalue weighted by molar-refractivity contribution is -0.614. The van der Waals surface area contributed by atoms with Crippen molar-refractivity contribution >= 4 is 22.5 Å². The maximum atomic E-state index is 12.8. The van der Waals surface area contributed by atoms with Crippen LogP contribution in [0.15, 0.2) is 36.5 Å². The third-order valence-corrected chi connectivity index (χ3v) is 6.20. The lowest BCUT2D eigenvalue weighted by Crippen LogP contribution is -2.39. The molecule has 1 aromatic carbocycles. The first-order valence-corrected chi connectivity index (χ1v) is 11.1. The Labute approximate surface area is 191 Å². The van der Waals surface area contributed by atoms with Crippen molar-refractivity contribution < 1.29 is 19.4 Å². The molecular weight excluding hydrogens is 422 g/mol. The van der Waals surface area contributed by atoms with Gasteiger partial charge in [-0.2, -0.15) is 15.1 Å². The summed E-state index contributed by atoms with van der Waals surface area (Å²) in [7, 11) is 0. The number of amides is 1. The summed E-state index contributed by atoms with van der Waals surface area (Å²) >= 11 is 0. The molecule has 3 aromatic rings. The first kappa shape index (κ1) is 22.6. The van der Waals surface area contributed by atoms with Gasteiger partial charge in [-0.25, -0.2) is 0 Å². The van der Waals surface area contributed by atoms with Crippen LogP contribution in [-0.4, -0.2) is 33.0 Å². The smallest absolute Gasteiger partial charge is 0.321 e. The maximum absolute atomic E-state index is 12.8. The van der Waals surface area contributed by atoms with Gasteiger partial charge in [0.05, 0.1) is 41.9 Å². The van der Waals surface area contributed by atoms with Crippen LogP contribution in [-0.2, 0) is 0 Å². The van der Waals surface area contributed by atoms with Crippen molar-refractivity contribution in [3.8, 4) is 11.8 Å². The molecule has 2 aromatic heterocycles. The molecule has 4 rings (SSSR count). The molecule has 1 amide bonds. The van der Waals surface area contributed by atoms with Gasteiger partial charge in [0, 0.05) is 36.7 Å². The molecule has 0 unspecified atom stereocenters. The van der Waals surface area contributed by atoms with Crippen LogP contribution in [0.25, 0.3) is 10.9 Å². The third kappa shape index (κ3) is 4.61. The van der Waals surface area contributed by atoms with Gasteiger partial charge in [0.25, 0.3) is 5.69 Å². The predicted molar refractivity (Wildman–Crippen MR) is 122 cm³/mol. The van der Waals surface area contributed by atoms with E-state index in [0.29, 0.717) is 41.3 Å². The zero-order valence-electron chi connectivity index (χ0n) is 18.7. The van der Waals surface area contributed by atoms with E-state index in [4.69, 9.17) is 15.1 Å². The molecule has 9 nitrogen and oxygen atoms in total. The normalized spacial score (nSPS) is 20.4. The lowest BCUT2D eigenvalue weighted by Gasteiger charge is -2.34. The minimum Gasteiger partial charge on any atom is -0.618 e. The Morgan fingerprint density at radius 2 is 2.18 bits per heavy atom. The second-order valence-corrected chi connectivity index (χ2v) is 8.54. The Morgan fingerprint density at radius 1 is 1.42 bits per heavy atom. The zero-order chi connectivity index (χ0) is 23.6. The number of hydrogen-bond acceptors (Lipinski definition) is 6. The van der Waals surface area contributed by atoms with Crippen LogP contribution in [0.3, 0.4) is 0 Å². The molecule has 9 heteroatoms. The molecule has 1 aliphatic rings. The number of anilines is 1. The topological polar surface area (TPSA) is 127 Å². The van der Waals surface area contributed by atoms with Gasteiger partial charge in [-0.05, 0) is 44.7 Å². The van der Waals surface area contributed by atoms with Crippen LogP contribution in [0.1, 0.15) is 61.3 Å². The summed E-state index contributed by atoms with van der Waals surface area (Å²) < 4.78 is 8.23. The minimum absolute atomic E-state index is 0.000280. The van der Waals surface area contributed by atoms with Crippen molar-refractivity contribution in [1.82, 2.24) is 9.78 Å². The number of nitrogens with one attached hydrogen (secondary N) is 1. The number of carbonyl (C=O) groups is 1. The second kappa shape index (κ2) is 9.08. The Bertz CT molecular complexity index is 1220. The van der Waals surface area contributed by atoms with E-state index in [0.717, 1.165) is 23.7 Å². The molecule has 2 N–H and O–H groups in total. The van der Waals surface area contributed by atoms with Gasteiger partial charge in [0.1, 0.15) is 5.75 Å². The molecule has 0 spiro atoms. The number of benzene rings is 1. The van der Waals surface area contributed by atoms with E-state index in [1.165, 1.54) is 6.07 Å². The number of aryl methyl sites for hydroxylation is 1. The molecule has 0 saturated heterocycles. The summed E-state index contributed by atoms with van der Waals surface area (Å²) in [5.74, 6) is -0.0498. The molecule has 1 saturated carbocycles. The van der Waals surface area contributed by atoms with E-state index < -0.39 is 11.5 Å². The van der Waals surface area contributed by atoms with E-state index in [2.05, 4.69) is 11.4 Å². The molecule has 0 radical (unpaired) electrons. The molecule has 0 aliphatic heterocycles. The first-order valence-electron chi connectivity index (χ1n) is 11.1. The average Bonchev–Trinajstić information content (AvgIpc) is 3.19. The summed E-state index contributed by atoms with van der Waals surface area (Å²) in [5.41, 5.74) is 0.705. The van der Waals surface area contributed by atoms with Gasteiger partial charge in [0.15, 0.2) is 5.69 Å². The van der Waals surface area contributed by atoms with E-state index in [1.54, 1.807) is 31.2 Å². The van der Waals surface area contributed by atoms with Crippen molar-refractivity contribution in [2.24, 2.45) is 0 Å². The number of nitrogens with zero attached hydrogens (tertiary/aromatic N) is 4. The Morgan fingerprint density at radius 3 is 2.88 bits per heavy atom. The molecule has 172 valence electrons. The number of ether oxygens (including phenoxy) is 1. The zero-order valence-corrected chi connectivity index (χ0v) is 18.7. The second-order valence-electron chi connectivity index (χ2n) is 8.54. The van der Waals surface area contributed by atoms with Crippen LogP contribution in [0.5, 0.6) is 5.75 Å². The Kier molecular flexibility index (Phi) is 6.20. The quantitative estimate of drug-likeness (QED) is 0.439. The van der Waals surface area contributed by atoms with Crippen molar-refractivity contribution in [2.75, 3.05) is 11.9 Å². The maximum Gasteiger partial charge on any atom is 0.321 e. The number of rotatable bonds is 6. The van der Waals surface area contributed by atoms with Crippen molar-refractivity contribution in [2.45, 2.75) is 57.6 Å². The van der Waals surface area contributed by atoms with E-state index in [-0.39, 0.29) is 18.2 Å². The van der Waals surface area contributed by atoms with Crippen LogP contribution in [0.4, 0.5) is 5.69 Å². The van der Waals surface area contributed by atoms with Gasteiger partial charge in [-0.15, -0.1) is 0 Å². The van der Waals surface area contributed by atoms with Gasteiger partial charge in [0.2, 0.25) is 0 Å². The highest BCUT2D eigenvalue weighted by Gasteiger charge is 2.34. The van der Waals surface area contributed by atoms with Gasteiger partial charge in [-0.3, -0.25) is 9.48 Å². The fourth-order valence-electron chi connectivity index (χ4n) is 4.32.